The van der Waals surface area contributed by atoms with Crippen molar-refractivity contribution in [3.63, 3.8) is 0 Å². The molecule has 4 nitrogen and oxygen atoms in total. The second-order valence-electron chi connectivity index (χ2n) is 3.64. The van der Waals surface area contributed by atoms with Crippen LogP contribution in [0.4, 0.5) is 0 Å². The fraction of sp³-hybridized carbons (Fsp3) is 0.667. The molecule has 0 aliphatic carbocycles. The number of nitrogens with zero attached hydrogens (tertiary/aromatic N) is 4. The lowest BCUT2D eigenvalue weighted by Crippen LogP contribution is -2.49. The zero-order chi connectivity index (χ0) is 9.97. The molecule has 1 aromatic heterocycles. The van der Waals surface area contributed by atoms with Crippen molar-refractivity contribution in [1.82, 2.24) is 14.6 Å². The summed E-state index contributed by atoms with van der Waals surface area (Å²) < 4.78 is 2.10. The van der Waals surface area contributed by atoms with Crippen LogP contribution < -0.4 is 5.01 Å². The summed E-state index contributed by atoms with van der Waals surface area (Å²) in [7, 11) is 2.16. The van der Waals surface area contributed by atoms with Gasteiger partial charge in [-0.05, 0) is 7.05 Å². The van der Waals surface area contributed by atoms with E-state index in [1.807, 2.05) is 6.33 Å². The molecule has 1 aromatic rings. The van der Waals surface area contributed by atoms with E-state index < -0.39 is 0 Å². The van der Waals surface area contributed by atoms with Gasteiger partial charge in [-0.3, -0.25) is 4.68 Å². The summed E-state index contributed by atoms with van der Waals surface area (Å²) in [4.78, 5) is 6.64. The van der Waals surface area contributed by atoms with Crippen molar-refractivity contribution in [3.05, 3.63) is 18.2 Å². The predicted octanol–water partition coefficient (Wildman–Crippen LogP) is 0.661. The molecule has 0 radical (unpaired) electrons. The Hall–Kier alpha value is -0.550. The zero-order valence-corrected chi connectivity index (χ0v) is 9.94. The van der Waals surface area contributed by atoms with Crippen LogP contribution in [0.3, 0.4) is 0 Å². The highest BCUT2D eigenvalue weighted by Gasteiger charge is 2.13. The van der Waals surface area contributed by atoms with E-state index in [2.05, 4.69) is 48.7 Å². The molecule has 5 heteroatoms. The number of aromatic nitrogens is 2. The molecule has 0 aromatic carbocycles. The first-order valence-corrected chi connectivity index (χ1v) is 5.94. The summed E-state index contributed by atoms with van der Waals surface area (Å²) in [6.45, 7) is 4.41. The molecule has 1 fully saturated rings. The highest BCUT2D eigenvalue weighted by molar-refractivity contribution is 9.08. The van der Waals surface area contributed by atoms with Crippen LogP contribution in [0.5, 0.6) is 0 Å². The van der Waals surface area contributed by atoms with Crippen LogP contribution in [0.2, 0.25) is 0 Å². The second-order valence-corrected chi connectivity index (χ2v) is 4.20. The highest BCUT2D eigenvalue weighted by atomic mass is 79.9. The number of halogens is 1. The van der Waals surface area contributed by atoms with Crippen molar-refractivity contribution < 1.29 is 0 Å². The molecular formula is C9H15BrN4. The highest BCUT2D eigenvalue weighted by Crippen LogP contribution is 2.04. The van der Waals surface area contributed by atoms with Crippen LogP contribution >= 0.6 is 15.9 Å². The summed E-state index contributed by atoms with van der Waals surface area (Å²) in [6.07, 6.45) is 3.97. The minimum Gasteiger partial charge on any atom is -0.309 e. The van der Waals surface area contributed by atoms with Gasteiger partial charge < -0.3 is 9.91 Å². The molecule has 1 aliphatic heterocycles. The largest absolute Gasteiger partial charge is 0.309 e. The van der Waals surface area contributed by atoms with Gasteiger partial charge in [-0.25, -0.2) is 4.98 Å². The maximum Gasteiger partial charge on any atom is 0.114 e. The number of hydrogen-bond acceptors (Lipinski definition) is 3. The molecule has 0 spiro atoms. The molecule has 0 atom stereocenters. The Bertz CT molecular complexity index is 291. The van der Waals surface area contributed by atoms with Gasteiger partial charge >= 0.3 is 0 Å². The van der Waals surface area contributed by atoms with E-state index in [-0.39, 0.29) is 0 Å². The van der Waals surface area contributed by atoms with Crippen LogP contribution in [-0.4, -0.2) is 47.8 Å². The van der Waals surface area contributed by atoms with E-state index >= 15 is 0 Å². The number of rotatable bonds is 2. The molecule has 78 valence electrons. The first kappa shape index (κ1) is 9.98. The minimum absolute atomic E-state index is 0.827. The summed E-state index contributed by atoms with van der Waals surface area (Å²) in [6, 6.07) is 0. The Morgan fingerprint density at radius 3 is 2.64 bits per heavy atom. The molecular weight excluding hydrogens is 244 g/mol. The number of likely N-dealkylation sites (N-methyl/N-ethyl adjacent to an activating group) is 1. The maximum absolute atomic E-state index is 4.29. The van der Waals surface area contributed by atoms with Crippen LogP contribution in [0.25, 0.3) is 0 Å². The van der Waals surface area contributed by atoms with Crippen LogP contribution in [-0.2, 0) is 5.33 Å². The van der Waals surface area contributed by atoms with Gasteiger partial charge in [0, 0.05) is 31.5 Å². The van der Waals surface area contributed by atoms with Crippen LogP contribution in [0.15, 0.2) is 12.5 Å². The fourth-order valence-corrected chi connectivity index (χ4v) is 1.89. The van der Waals surface area contributed by atoms with Crippen molar-refractivity contribution in [2.45, 2.75) is 5.33 Å². The van der Waals surface area contributed by atoms with E-state index in [1.54, 1.807) is 0 Å². The summed E-state index contributed by atoms with van der Waals surface area (Å²) in [5.74, 6) is 0. The molecule has 0 bridgehead atoms. The first-order chi connectivity index (χ1) is 6.79. The predicted molar refractivity (Wildman–Crippen MR) is 60.3 cm³/mol. The number of imidazole rings is 1. The Morgan fingerprint density at radius 1 is 1.36 bits per heavy atom. The third kappa shape index (κ3) is 2.09. The number of alkyl halides is 1. The second kappa shape index (κ2) is 4.31. The van der Waals surface area contributed by atoms with E-state index in [9.17, 15) is 0 Å². The third-order valence-corrected chi connectivity index (χ3v) is 3.14. The summed E-state index contributed by atoms with van der Waals surface area (Å²) in [5, 5.41) is 3.15. The quantitative estimate of drug-likeness (QED) is 0.729. The van der Waals surface area contributed by atoms with Crippen LogP contribution in [0, 0.1) is 0 Å². The van der Waals surface area contributed by atoms with Gasteiger partial charge in [0.05, 0.1) is 11.9 Å². The van der Waals surface area contributed by atoms with Crippen molar-refractivity contribution >= 4 is 15.9 Å². The van der Waals surface area contributed by atoms with E-state index in [0.29, 0.717) is 0 Å². The van der Waals surface area contributed by atoms with E-state index in [1.165, 1.54) is 0 Å². The normalized spacial score (nSPS) is 18.9. The minimum atomic E-state index is 0.827. The van der Waals surface area contributed by atoms with Crippen molar-refractivity contribution in [3.8, 4) is 0 Å². The molecule has 1 saturated heterocycles. The van der Waals surface area contributed by atoms with Gasteiger partial charge in [0.25, 0.3) is 0 Å². The molecule has 1 aliphatic rings. The molecule has 0 amide bonds. The van der Waals surface area contributed by atoms with Gasteiger partial charge in [-0.15, -0.1) is 0 Å². The fourth-order valence-electron chi connectivity index (χ4n) is 1.60. The van der Waals surface area contributed by atoms with Gasteiger partial charge in [0.2, 0.25) is 0 Å². The lowest BCUT2D eigenvalue weighted by molar-refractivity contribution is 0.287. The van der Waals surface area contributed by atoms with E-state index in [4.69, 9.17) is 0 Å². The van der Waals surface area contributed by atoms with Crippen LogP contribution in [0.1, 0.15) is 5.69 Å². The zero-order valence-electron chi connectivity index (χ0n) is 8.36. The Kier molecular flexibility index (Phi) is 3.08. The van der Waals surface area contributed by atoms with Crippen molar-refractivity contribution in [2.75, 3.05) is 38.2 Å². The van der Waals surface area contributed by atoms with Gasteiger partial charge in [-0.1, -0.05) is 15.9 Å². The Morgan fingerprint density at radius 2 is 2.07 bits per heavy atom. The Labute approximate surface area is 92.6 Å². The Balaban J connectivity index is 2.01. The smallest absolute Gasteiger partial charge is 0.114 e. The third-order valence-electron chi connectivity index (χ3n) is 2.57. The van der Waals surface area contributed by atoms with E-state index in [0.717, 1.165) is 37.2 Å². The average molecular weight is 259 g/mol. The monoisotopic (exact) mass is 258 g/mol. The van der Waals surface area contributed by atoms with Crippen molar-refractivity contribution in [2.24, 2.45) is 0 Å². The standard InChI is InChI=1S/C9H15BrN4/c1-12-2-4-13(5-3-12)14-7-9(6-10)11-8-14/h7-8H,2-6H2,1H3. The summed E-state index contributed by atoms with van der Waals surface area (Å²) in [5.41, 5.74) is 1.09. The molecule has 2 rings (SSSR count). The molecule has 0 saturated carbocycles. The summed E-state index contributed by atoms with van der Waals surface area (Å²) >= 11 is 3.40. The van der Waals surface area contributed by atoms with Crippen molar-refractivity contribution in [1.29, 1.82) is 0 Å². The first-order valence-electron chi connectivity index (χ1n) is 4.82. The molecule has 14 heavy (non-hydrogen) atoms. The lowest BCUT2D eigenvalue weighted by atomic mass is 10.4. The maximum atomic E-state index is 4.29. The van der Waals surface area contributed by atoms with Gasteiger partial charge in [0.1, 0.15) is 6.33 Å². The SMILES string of the molecule is CN1CCN(n2cnc(CBr)c2)CC1. The molecule has 0 unspecified atom stereocenters. The molecule has 2 heterocycles. The topological polar surface area (TPSA) is 24.3 Å². The number of piperazine rings is 1. The lowest BCUT2D eigenvalue weighted by Gasteiger charge is -2.34. The number of hydrogen-bond donors (Lipinski definition) is 0. The molecule has 0 N–H and O–H groups in total. The van der Waals surface area contributed by atoms with Gasteiger partial charge in [-0.2, -0.15) is 0 Å². The average Bonchev–Trinajstić information content (AvgIpc) is 2.67. The van der Waals surface area contributed by atoms with Gasteiger partial charge in [0.15, 0.2) is 0 Å².